The van der Waals surface area contributed by atoms with E-state index in [4.69, 9.17) is 5.26 Å². The molecule has 1 unspecified atom stereocenters. The number of nitriles is 1. The van der Waals surface area contributed by atoms with Crippen LogP contribution in [0.3, 0.4) is 0 Å². The van der Waals surface area contributed by atoms with Crippen LogP contribution in [-0.2, 0) is 14.8 Å². The van der Waals surface area contributed by atoms with Crippen LogP contribution in [0, 0.1) is 17.2 Å². The van der Waals surface area contributed by atoms with Gasteiger partial charge in [0.25, 0.3) is 11.8 Å². The quantitative estimate of drug-likeness (QED) is 0.601. The van der Waals surface area contributed by atoms with Gasteiger partial charge in [0.1, 0.15) is 6.04 Å². The molecule has 9 nitrogen and oxygen atoms in total. The van der Waals surface area contributed by atoms with Crippen molar-refractivity contribution in [3.63, 3.8) is 0 Å². The Hall–Kier alpha value is -3.55. The van der Waals surface area contributed by atoms with Crippen molar-refractivity contribution in [3.05, 3.63) is 65.2 Å². The van der Waals surface area contributed by atoms with Crippen molar-refractivity contribution in [2.45, 2.75) is 24.8 Å². The Kier molecular flexibility index (Phi) is 6.25. The van der Waals surface area contributed by atoms with Gasteiger partial charge in [-0.3, -0.25) is 19.3 Å². The van der Waals surface area contributed by atoms with Crippen LogP contribution in [-0.4, -0.2) is 72.5 Å². The third-order valence-electron chi connectivity index (χ3n) is 6.16. The van der Waals surface area contributed by atoms with E-state index in [1.165, 1.54) is 33.5 Å². The molecule has 0 saturated carbocycles. The molecular formula is C24H24N4O5S. The van der Waals surface area contributed by atoms with Crippen molar-refractivity contribution < 1.29 is 22.8 Å². The molecule has 0 bridgehead atoms. The minimum absolute atomic E-state index is 0.0809. The number of fused-ring (bicyclic) bond motifs is 1. The number of carbonyl (C=O) groups is 3. The van der Waals surface area contributed by atoms with Crippen molar-refractivity contribution in [2.75, 3.05) is 26.2 Å². The SMILES string of the molecule is CC(C)C(C(=O)N1CCN(S(=O)(=O)c2ccc(C#N)cc2)CC1)N1C(=O)c2ccccc2C1=O. The van der Waals surface area contributed by atoms with E-state index >= 15 is 0 Å². The fourth-order valence-corrected chi connectivity index (χ4v) is 5.76. The van der Waals surface area contributed by atoms with Crippen LogP contribution >= 0.6 is 0 Å². The molecule has 0 aromatic heterocycles. The molecule has 176 valence electrons. The molecule has 0 N–H and O–H groups in total. The minimum atomic E-state index is -3.77. The smallest absolute Gasteiger partial charge is 0.262 e. The van der Waals surface area contributed by atoms with Gasteiger partial charge >= 0.3 is 0 Å². The molecule has 2 aromatic rings. The Morgan fingerprint density at radius 2 is 1.44 bits per heavy atom. The van der Waals surface area contributed by atoms with Gasteiger partial charge in [0.05, 0.1) is 27.7 Å². The zero-order valence-electron chi connectivity index (χ0n) is 18.8. The van der Waals surface area contributed by atoms with Gasteiger partial charge in [0.2, 0.25) is 15.9 Å². The number of benzene rings is 2. The Balaban J connectivity index is 1.49. The first-order chi connectivity index (χ1) is 16.2. The number of amides is 3. The van der Waals surface area contributed by atoms with E-state index in [0.29, 0.717) is 5.56 Å². The second-order valence-corrected chi connectivity index (χ2v) is 10.5. The Morgan fingerprint density at radius 3 is 1.91 bits per heavy atom. The highest BCUT2D eigenvalue weighted by Gasteiger charge is 2.45. The van der Waals surface area contributed by atoms with Gasteiger partial charge in [-0.25, -0.2) is 8.42 Å². The van der Waals surface area contributed by atoms with Gasteiger partial charge in [0.15, 0.2) is 0 Å². The highest BCUT2D eigenvalue weighted by atomic mass is 32.2. The number of nitrogens with zero attached hydrogens (tertiary/aromatic N) is 4. The first-order valence-corrected chi connectivity index (χ1v) is 12.4. The van der Waals surface area contributed by atoms with Gasteiger partial charge < -0.3 is 4.90 Å². The van der Waals surface area contributed by atoms with Crippen molar-refractivity contribution >= 4 is 27.7 Å². The van der Waals surface area contributed by atoms with Crippen LogP contribution in [0.15, 0.2) is 53.4 Å². The third kappa shape index (κ3) is 3.97. The zero-order valence-corrected chi connectivity index (χ0v) is 19.7. The highest BCUT2D eigenvalue weighted by molar-refractivity contribution is 7.89. The predicted molar refractivity (Wildman–Crippen MR) is 122 cm³/mol. The first kappa shape index (κ1) is 23.6. The van der Waals surface area contributed by atoms with Gasteiger partial charge in [-0.2, -0.15) is 9.57 Å². The van der Waals surface area contributed by atoms with Crippen LogP contribution in [0.4, 0.5) is 0 Å². The minimum Gasteiger partial charge on any atom is -0.338 e. The summed E-state index contributed by atoms with van der Waals surface area (Å²) in [5.74, 6) is -1.68. The van der Waals surface area contributed by atoms with E-state index in [1.807, 2.05) is 6.07 Å². The standard InChI is InChI=1S/C24H24N4O5S/c1-16(2)21(28-22(29)19-5-3-4-6-20(19)23(28)30)24(31)26-11-13-27(14-12-26)34(32,33)18-9-7-17(15-25)8-10-18/h3-10,16,21H,11-14H2,1-2H3. The number of carbonyl (C=O) groups excluding carboxylic acids is 3. The highest BCUT2D eigenvalue weighted by Crippen LogP contribution is 2.28. The van der Waals surface area contributed by atoms with Crippen molar-refractivity contribution in [1.29, 1.82) is 5.26 Å². The molecule has 34 heavy (non-hydrogen) atoms. The summed E-state index contributed by atoms with van der Waals surface area (Å²) in [5.41, 5.74) is 0.927. The molecule has 0 spiro atoms. The average Bonchev–Trinajstić information content (AvgIpc) is 3.09. The molecule has 1 atom stereocenters. The summed E-state index contributed by atoms with van der Waals surface area (Å²) < 4.78 is 27.2. The second kappa shape index (κ2) is 9.00. The largest absolute Gasteiger partial charge is 0.338 e. The lowest BCUT2D eigenvalue weighted by Gasteiger charge is -2.38. The molecule has 0 radical (unpaired) electrons. The molecular weight excluding hydrogens is 456 g/mol. The summed E-state index contributed by atoms with van der Waals surface area (Å²) in [5, 5.41) is 8.91. The maximum atomic E-state index is 13.4. The zero-order chi connectivity index (χ0) is 24.6. The number of hydrogen-bond acceptors (Lipinski definition) is 6. The van der Waals surface area contributed by atoms with E-state index in [9.17, 15) is 22.8 Å². The van der Waals surface area contributed by atoms with Crippen molar-refractivity contribution in [2.24, 2.45) is 5.92 Å². The fraction of sp³-hybridized carbons (Fsp3) is 0.333. The first-order valence-electron chi connectivity index (χ1n) is 10.9. The molecule has 2 aliphatic rings. The Labute approximate surface area is 198 Å². The number of imide groups is 1. The summed E-state index contributed by atoms with van der Waals surface area (Å²) >= 11 is 0. The Morgan fingerprint density at radius 1 is 0.912 bits per heavy atom. The van der Waals surface area contributed by atoms with E-state index in [-0.39, 0.29) is 54.0 Å². The molecule has 1 saturated heterocycles. The molecule has 2 aromatic carbocycles. The summed E-state index contributed by atoms with van der Waals surface area (Å²) in [6, 6.07) is 13.1. The third-order valence-corrected chi connectivity index (χ3v) is 8.07. The lowest BCUT2D eigenvalue weighted by molar-refractivity contribution is -0.138. The van der Waals surface area contributed by atoms with Gasteiger partial charge in [0, 0.05) is 26.2 Å². The summed E-state index contributed by atoms with van der Waals surface area (Å²) in [6.45, 7) is 4.00. The van der Waals surface area contributed by atoms with Crippen molar-refractivity contribution in [3.8, 4) is 6.07 Å². The molecule has 2 heterocycles. The fourth-order valence-electron chi connectivity index (χ4n) is 4.34. The van der Waals surface area contributed by atoms with Gasteiger partial charge in [-0.05, 0) is 42.3 Å². The van der Waals surface area contributed by atoms with Crippen LogP contribution in [0.25, 0.3) is 0 Å². The molecule has 1 fully saturated rings. The summed E-state index contributed by atoms with van der Waals surface area (Å²) in [7, 11) is -3.77. The lowest BCUT2D eigenvalue weighted by Crippen LogP contribution is -2.58. The van der Waals surface area contributed by atoms with E-state index in [2.05, 4.69) is 0 Å². The molecule has 3 amide bonds. The lowest BCUT2D eigenvalue weighted by atomic mass is 10.0. The average molecular weight is 481 g/mol. The van der Waals surface area contributed by atoms with E-state index < -0.39 is 27.9 Å². The number of piperazine rings is 1. The topological polar surface area (TPSA) is 119 Å². The second-order valence-electron chi connectivity index (χ2n) is 8.58. The molecule has 2 aliphatic heterocycles. The summed E-state index contributed by atoms with van der Waals surface area (Å²) in [4.78, 5) is 42.0. The van der Waals surface area contributed by atoms with Crippen LogP contribution in [0.5, 0.6) is 0 Å². The van der Waals surface area contributed by atoms with Crippen LogP contribution in [0.1, 0.15) is 40.1 Å². The van der Waals surface area contributed by atoms with Crippen LogP contribution < -0.4 is 0 Å². The monoisotopic (exact) mass is 480 g/mol. The normalized spacial score (nSPS) is 17.6. The van der Waals surface area contributed by atoms with Gasteiger partial charge in [-0.15, -0.1) is 0 Å². The van der Waals surface area contributed by atoms with Crippen molar-refractivity contribution in [1.82, 2.24) is 14.1 Å². The Bertz CT molecular complexity index is 1250. The van der Waals surface area contributed by atoms with Crippen LogP contribution in [0.2, 0.25) is 0 Å². The maximum Gasteiger partial charge on any atom is 0.262 e. The number of sulfonamides is 1. The molecule has 4 rings (SSSR count). The molecule has 0 aliphatic carbocycles. The summed E-state index contributed by atoms with van der Waals surface area (Å²) in [6.07, 6.45) is 0. The number of rotatable bonds is 5. The maximum absolute atomic E-state index is 13.4. The number of hydrogen-bond donors (Lipinski definition) is 0. The predicted octanol–water partition coefficient (Wildman–Crippen LogP) is 1.71. The van der Waals surface area contributed by atoms with Gasteiger partial charge in [-0.1, -0.05) is 26.0 Å². The molecule has 10 heteroatoms. The van der Waals surface area contributed by atoms with E-state index in [0.717, 1.165) is 4.90 Å². The van der Waals surface area contributed by atoms with E-state index in [1.54, 1.807) is 38.1 Å².